The second-order valence-corrected chi connectivity index (χ2v) is 3.04. The molecule has 0 fully saturated rings. The molecule has 1 aromatic rings. The number of hydrogen-bond donors (Lipinski definition) is 0. The van der Waals surface area contributed by atoms with Crippen molar-refractivity contribution in [1.82, 2.24) is 0 Å². The molecule has 0 radical (unpaired) electrons. The van der Waals surface area contributed by atoms with Crippen LogP contribution in [0.3, 0.4) is 0 Å². The van der Waals surface area contributed by atoms with Gasteiger partial charge in [0, 0.05) is 6.07 Å². The summed E-state index contributed by atoms with van der Waals surface area (Å²) in [4.78, 5) is 0. The normalized spacial score (nSPS) is 10.4. The summed E-state index contributed by atoms with van der Waals surface area (Å²) in [5.74, 6) is 0.738. The monoisotopic (exact) mass is 168 g/mol. The van der Waals surface area contributed by atoms with Gasteiger partial charge in [-0.3, -0.25) is 0 Å². The Hall–Kier alpha value is -1.05. The number of rotatable bonds is 2. The Kier molecular flexibility index (Phi) is 2.69. The first-order chi connectivity index (χ1) is 5.65. The van der Waals surface area contributed by atoms with Gasteiger partial charge in [-0.1, -0.05) is 19.9 Å². The SMILES string of the molecule is COc1cc(F)ccc1C(C)C. The fraction of sp³-hybridized carbons (Fsp3) is 0.400. The van der Waals surface area contributed by atoms with Gasteiger partial charge in [0.15, 0.2) is 0 Å². The van der Waals surface area contributed by atoms with Crippen molar-refractivity contribution < 1.29 is 9.13 Å². The van der Waals surface area contributed by atoms with Crippen molar-refractivity contribution >= 4 is 0 Å². The standard InChI is InChI=1S/C10H13FO/c1-7(2)9-5-4-8(11)6-10(9)12-3/h4-7H,1-3H3. The minimum Gasteiger partial charge on any atom is -0.496 e. The fourth-order valence-corrected chi connectivity index (χ4v) is 1.16. The number of hydrogen-bond acceptors (Lipinski definition) is 1. The lowest BCUT2D eigenvalue weighted by molar-refractivity contribution is 0.404. The first-order valence-electron chi connectivity index (χ1n) is 3.98. The van der Waals surface area contributed by atoms with Crippen LogP contribution in [-0.2, 0) is 0 Å². The molecule has 0 aliphatic rings. The van der Waals surface area contributed by atoms with Crippen molar-refractivity contribution in [2.45, 2.75) is 19.8 Å². The zero-order chi connectivity index (χ0) is 9.14. The summed E-state index contributed by atoms with van der Waals surface area (Å²) in [5, 5.41) is 0. The maximum absolute atomic E-state index is 12.7. The molecular formula is C10H13FO. The summed E-state index contributed by atoms with van der Waals surface area (Å²) >= 11 is 0. The molecule has 0 saturated carbocycles. The van der Waals surface area contributed by atoms with Gasteiger partial charge in [0.25, 0.3) is 0 Å². The minimum atomic E-state index is -0.253. The van der Waals surface area contributed by atoms with E-state index in [0.717, 1.165) is 5.56 Å². The molecule has 0 saturated heterocycles. The maximum Gasteiger partial charge on any atom is 0.126 e. The summed E-state index contributed by atoms with van der Waals surface area (Å²) in [7, 11) is 1.56. The molecule has 0 aromatic heterocycles. The lowest BCUT2D eigenvalue weighted by Crippen LogP contribution is -1.94. The molecule has 1 rings (SSSR count). The van der Waals surface area contributed by atoms with Crippen LogP contribution in [0.4, 0.5) is 4.39 Å². The molecule has 0 heterocycles. The molecule has 0 N–H and O–H groups in total. The van der Waals surface area contributed by atoms with E-state index in [0.29, 0.717) is 11.7 Å². The molecule has 0 amide bonds. The second-order valence-electron chi connectivity index (χ2n) is 3.04. The minimum absolute atomic E-state index is 0.253. The van der Waals surface area contributed by atoms with Crippen LogP contribution in [0.15, 0.2) is 18.2 Å². The van der Waals surface area contributed by atoms with Crippen LogP contribution in [0.1, 0.15) is 25.3 Å². The average molecular weight is 168 g/mol. The highest BCUT2D eigenvalue weighted by atomic mass is 19.1. The largest absolute Gasteiger partial charge is 0.496 e. The maximum atomic E-state index is 12.7. The van der Waals surface area contributed by atoms with E-state index in [1.165, 1.54) is 12.1 Å². The van der Waals surface area contributed by atoms with Crippen molar-refractivity contribution in [3.8, 4) is 5.75 Å². The van der Waals surface area contributed by atoms with Gasteiger partial charge in [-0.05, 0) is 17.5 Å². The fourth-order valence-electron chi connectivity index (χ4n) is 1.16. The number of ether oxygens (including phenoxy) is 1. The Labute approximate surface area is 72.2 Å². The summed E-state index contributed by atoms with van der Waals surface area (Å²) in [5.41, 5.74) is 1.04. The third-order valence-electron chi connectivity index (χ3n) is 1.82. The Morgan fingerprint density at radius 2 is 2.00 bits per heavy atom. The van der Waals surface area contributed by atoms with Crippen molar-refractivity contribution in [1.29, 1.82) is 0 Å². The number of halogens is 1. The van der Waals surface area contributed by atoms with Gasteiger partial charge in [0.2, 0.25) is 0 Å². The molecule has 0 aliphatic carbocycles. The van der Waals surface area contributed by atoms with Crippen molar-refractivity contribution in [3.63, 3.8) is 0 Å². The van der Waals surface area contributed by atoms with Crippen molar-refractivity contribution in [2.75, 3.05) is 7.11 Å². The summed E-state index contributed by atoms with van der Waals surface area (Å²) < 4.78 is 17.8. The third-order valence-corrected chi connectivity index (χ3v) is 1.82. The Morgan fingerprint density at radius 3 is 2.50 bits per heavy atom. The molecule has 2 heteroatoms. The van der Waals surface area contributed by atoms with E-state index in [1.54, 1.807) is 13.2 Å². The Morgan fingerprint density at radius 1 is 1.33 bits per heavy atom. The highest BCUT2D eigenvalue weighted by Gasteiger charge is 2.07. The molecule has 1 aromatic carbocycles. The van der Waals surface area contributed by atoms with Gasteiger partial charge in [-0.2, -0.15) is 0 Å². The molecule has 0 atom stereocenters. The Balaban J connectivity index is 3.11. The summed E-state index contributed by atoms with van der Waals surface area (Å²) in [6.45, 7) is 4.10. The lowest BCUT2D eigenvalue weighted by Gasteiger charge is -2.10. The van der Waals surface area contributed by atoms with Crippen LogP contribution in [0.2, 0.25) is 0 Å². The second kappa shape index (κ2) is 3.57. The van der Waals surface area contributed by atoms with Crippen LogP contribution in [0.5, 0.6) is 5.75 Å². The predicted molar refractivity (Wildman–Crippen MR) is 47.0 cm³/mol. The quantitative estimate of drug-likeness (QED) is 0.659. The van der Waals surface area contributed by atoms with Gasteiger partial charge >= 0.3 is 0 Å². The smallest absolute Gasteiger partial charge is 0.126 e. The van der Waals surface area contributed by atoms with Crippen LogP contribution in [0.25, 0.3) is 0 Å². The van der Waals surface area contributed by atoms with Crippen LogP contribution < -0.4 is 4.74 Å². The molecule has 0 spiro atoms. The number of benzene rings is 1. The van der Waals surface area contributed by atoms with E-state index in [2.05, 4.69) is 13.8 Å². The van der Waals surface area contributed by atoms with Gasteiger partial charge in [0.05, 0.1) is 7.11 Å². The topological polar surface area (TPSA) is 9.23 Å². The molecule has 0 unspecified atom stereocenters. The van der Waals surface area contributed by atoms with Gasteiger partial charge < -0.3 is 4.74 Å². The van der Waals surface area contributed by atoms with Crippen LogP contribution in [0, 0.1) is 5.82 Å². The van der Waals surface area contributed by atoms with Crippen LogP contribution in [-0.4, -0.2) is 7.11 Å². The molecule has 12 heavy (non-hydrogen) atoms. The van der Waals surface area contributed by atoms with E-state index in [9.17, 15) is 4.39 Å². The van der Waals surface area contributed by atoms with Crippen molar-refractivity contribution in [3.05, 3.63) is 29.6 Å². The van der Waals surface area contributed by atoms with E-state index in [-0.39, 0.29) is 5.82 Å². The highest BCUT2D eigenvalue weighted by molar-refractivity contribution is 5.36. The van der Waals surface area contributed by atoms with Gasteiger partial charge in [0.1, 0.15) is 11.6 Å². The van der Waals surface area contributed by atoms with E-state index in [1.807, 2.05) is 0 Å². The van der Waals surface area contributed by atoms with Crippen molar-refractivity contribution in [2.24, 2.45) is 0 Å². The van der Waals surface area contributed by atoms with Gasteiger partial charge in [-0.15, -0.1) is 0 Å². The average Bonchev–Trinajstić information content (AvgIpc) is 2.03. The predicted octanol–water partition coefficient (Wildman–Crippen LogP) is 2.96. The molecule has 66 valence electrons. The van der Waals surface area contributed by atoms with Crippen LogP contribution >= 0.6 is 0 Å². The Bertz CT molecular complexity index is 269. The number of methoxy groups -OCH3 is 1. The van der Waals surface area contributed by atoms with E-state index < -0.39 is 0 Å². The van der Waals surface area contributed by atoms with E-state index in [4.69, 9.17) is 4.74 Å². The molecule has 1 nitrogen and oxygen atoms in total. The van der Waals surface area contributed by atoms with Gasteiger partial charge in [-0.25, -0.2) is 4.39 Å². The molecule has 0 bridgehead atoms. The molecular weight excluding hydrogens is 155 g/mol. The first kappa shape index (κ1) is 9.04. The third kappa shape index (κ3) is 1.76. The summed E-state index contributed by atoms with van der Waals surface area (Å²) in [6.07, 6.45) is 0. The zero-order valence-corrected chi connectivity index (χ0v) is 7.60. The first-order valence-corrected chi connectivity index (χ1v) is 3.98. The summed E-state index contributed by atoms with van der Waals surface area (Å²) in [6, 6.07) is 4.63. The molecule has 0 aliphatic heterocycles. The highest BCUT2D eigenvalue weighted by Crippen LogP contribution is 2.26. The van der Waals surface area contributed by atoms with E-state index >= 15 is 0 Å². The zero-order valence-electron chi connectivity index (χ0n) is 7.60. The lowest BCUT2D eigenvalue weighted by atomic mass is 10.0.